The van der Waals surface area contributed by atoms with Gasteiger partial charge in [-0.3, -0.25) is 0 Å². The molecule has 0 bridgehead atoms. The summed E-state index contributed by atoms with van der Waals surface area (Å²) in [4.78, 5) is 0. The number of allylic oxidation sites excluding steroid dienone is 3. The van der Waals surface area contributed by atoms with Crippen molar-refractivity contribution in [1.29, 1.82) is 0 Å². The molecule has 0 amide bonds. The maximum atomic E-state index is 4.38. The third-order valence-electron chi connectivity index (χ3n) is 1.71. The van der Waals surface area contributed by atoms with Crippen molar-refractivity contribution >= 4 is 12.6 Å². The molecule has 0 aromatic heterocycles. The van der Waals surface area contributed by atoms with E-state index >= 15 is 0 Å². The maximum Gasteiger partial charge on any atom is 0.0241 e. The minimum Gasteiger partial charge on any atom is -0.171 e. The number of hydrogen-bond donors (Lipinski definition) is 1. The van der Waals surface area contributed by atoms with Gasteiger partial charge in [0, 0.05) is 5.25 Å². The van der Waals surface area contributed by atoms with Gasteiger partial charge in [-0.2, -0.15) is 12.6 Å². The van der Waals surface area contributed by atoms with E-state index in [0.29, 0.717) is 0 Å². The van der Waals surface area contributed by atoms with Crippen LogP contribution in [0.5, 0.6) is 0 Å². The molecule has 0 N–H and O–H groups in total. The van der Waals surface area contributed by atoms with E-state index in [0.717, 1.165) is 12.8 Å². The van der Waals surface area contributed by atoms with Crippen LogP contribution in [0.25, 0.3) is 0 Å². The molecule has 1 atom stereocenters. The Morgan fingerprint density at radius 1 is 1.58 bits per heavy atom. The lowest BCUT2D eigenvalue weighted by Crippen LogP contribution is -1.99. The van der Waals surface area contributed by atoms with Crippen LogP contribution in [-0.4, -0.2) is 5.25 Å². The normalized spacial score (nSPS) is 14.1. The zero-order chi connectivity index (χ0) is 9.56. The van der Waals surface area contributed by atoms with Gasteiger partial charge in [0.25, 0.3) is 0 Å². The van der Waals surface area contributed by atoms with Crippen LogP contribution in [0, 0.1) is 0 Å². The van der Waals surface area contributed by atoms with Gasteiger partial charge in [0.05, 0.1) is 0 Å². The first-order valence-corrected chi connectivity index (χ1v) is 4.84. The Kier molecular flexibility index (Phi) is 5.91. The molecule has 0 saturated heterocycles. The monoisotopic (exact) mass is 182 g/mol. The van der Waals surface area contributed by atoms with Gasteiger partial charge >= 0.3 is 0 Å². The topological polar surface area (TPSA) is 0 Å². The van der Waals surface area contributed by atoms with Gasteiger partial charge in [0.2, 0.25) is 0 Å². The largest absolute Gasteiger partial charge is 0.171 e. The summed E-state index contributed by atoms with van der Waals surface area (Å²) in [6.45, 7) is 11.9. The zero-order valence-electron chi connectivity index (χ0n) is 8.01. The molecule has 0 saturated carbocycles. The van der Waals surface area contributed by atoms with Crippen molar-refractivity contribution in [2.75, 3.05) is 0 Å². The smallest absolute Gasteiger partial charge is 0.0241 e. The van der Waals surface area contributed by atoms with E-state index in [9.17, 15) is 0 Å². The highest BCUT2D eigenvalue weighted by molar-refractivity contribution is 7.81. The van der Waals surface area contributed by atoms with Crippen LogP contribution in [0.2, 0.25) is 0 Å². The third kappa shape index (κ3) is 3.82. The van der Waals surface area contributed by atoms with Crippen LogP contribution in [-0.2, 0) is 0 Å². The number of rotatable bonds is 5. The van der Waals surface area contributed by atoms with Crippen LogP contribution in [0.4, 0.5) is 0 Å². The summed E-state index contributed by atoms with van der Waals surface area (Å²) >= 11 is 4.38. The molecular formula is C11H18S. The van der Waals surface area contributed by atoms with Crippen molar-refractivity contribution in [3.63, 3.8) is 0 Å². The standard InChI is InChI=1S/C11H18S/c1-5-7-9(3)11(8-6-2)10(4)12/h6,8,10,12H,2-3,5,7H2,1,4H3/b11-8+. The van der Waals surface area contributed by atoms with Crippen molar-refractivity contribution in [3.05, 3.63) is 36.5 Å². The molecule has 0 aliphatic rings. The quantitative estimate of drug-likeness (QED) is 0.485. The van der Waals surface area contributed by atoms with Gasteiger partial charge in [-0.15, -0.1) is 0 Å². The highest BCUT2D eigenvalue weighted by Gasteiger charge is 2.05. The average molecular weight is 182 g/mol. The molecule has 0 aliphatic heterocycles. The Morgan fingerprint density at radius 3 is 2.50 bits per heavy atom. The first kappa shape index (κ1) is 11.6. The zero-order valence-corrected chi connectivity index (χ0v) is 8.90. The average Bonchev–Trinajstić information content (AvgIpc) is 1.99. The fraction of sp³-hybridized carbons (Fsp3) is 0.455. The predicted molar refractivity (Wildman–Crippen MR) is 60.8 cm³/mol. The van der Waals surface area contributed by atoms with Gasteiger partial charge in [0.15, 0.2) is 0 Å². The fourth-order valence-corrected chi connectivity index (χ4v) is 1.39. The van der Waals surface area contributed by atoms with Crippen LogP contribution in [0.1, 0.15) is 26.7 Å². The SMILES string of the molecule is C=C/C=C(\C(=C)CCC)C(C)S. The Morgan fingerprint density at radius 2 is 2.17 bits per heavy atom. The van der Waals surface area contributed by atoms with Crippen LogP contribution >= 0.6 is 12.6 Å². The minimum atomic E-state index is 0.252. The van der Waals surface area contributed by atoms with Gasteiger partial charge in [-0.05, 0) is 18.9 Å². The highest BCUT2D eigenvalue weighted by atomic mass is 32.1. The molecule has 68 valence electrons. The van der Waals surface area contributed by atoms with Gasteiger partial charge in [0.1, 0.15) is 0 Å². The molecule has 0 heterocycles. The molecule has 0 aromatic rings. The summed E-state index contributed by atoms with van der Waals surface area (Å²) < 4.78 is 0. The van der Waals surface area contributed by atoms with E-state index < -0.39 is 0 Å². The van der Waals surface area contributed by atoms with E-state index in [4.69, 9.17) is 0 Å². The fourth-order valence-electron chi connectivity index (χ4n) is 1.13. The van der Waals surface area contributed by atoms with E-state index in [1.807, 2.05) is 6.08 Å². The summed E-state index contributed by atoms with van der Waals surface area (Å²) in [5.41, 5.74) is 2.38. The van der Waals surface area contributed by atoms with Crippen molar-refractivity contribution in [2.45, 2.75) is 31.9 Å². The Bertz CT molecular complexity index is 187. The third-order valence-corrected chi connectivity index (χ3v) is 1.99. The lowest BCUT2D eigenvalue weighted by Gasteiger charge is -2.12. The number of thiol groups is 1. The lowest BCUT2D eigenvalue weighted by atomic mass is 10.0. The molecule has 0 spiro atoms. The molecular weight excluding hydrogens is 164 g/mol. The van der Waals surface area contributed by atoms with Crippen molar-refractivity contribution in [1.82, 2.24) is 0 Å². The van der Waals surface area contributed by atoms with Crippen molar-refractivity contribution in [3.8, 4) is 0 Å². The second-order valence-corrected chi connectivity index (χ2v) is 3.66. The highest BCUT2D eigenvalue weighted by Crippen LogP contribution is 2.20. The Labute approximate surface area is 81.5 Å². The Balaban J connectivity index is 4.41. The van der Waals surface area contributed by atoms with Crippen molar-refractivity contribution < 1.29 is 0 Å². The van der Waals surface area contributed by atoms with Gasteiger partial charge in [-0.25, -0.2) is 0 Å². The molecule has 1 unspecified atom stereocenters. The summed E-state index contributed by atoms with van der Waals surface area (Å²) in [7, 11) is 0. The van der Waals surface area contributed by atoms with E-state index in [1.165, 1.54) is 11.1 Å². The predicted octanol–water partition coefficient (Wildman–Crippen LogP) is 3.77. The lowest BCUT2D eigenvalue weighted by molar-refractivity contribution is 0.902. The van der Waals surface area contributed by atoms with Gasteiger partial charge < -0.3 is 0 Å². The minimum absolute atomic E-state index is 0.252. The molecule has 0 radical (unpaired) electrons. The first-order chi connectivity index (χ1) is 5.63. The van der Waals surface area contributed by atoms with Crippen LogP contribution in [0.3, 0.4) is 0 Å². The van der Waals surface area contributed by atoms with E-state index in [-0.39, 0.29) is 5.25 Å². The Hall–Kier alpha value is -0.430. The van der Waals surface area contributed by atoms with Crippen LogP contribution in [0.15, 0.2) is 36.5 Å². The second kappa shape index (κ2) is 6.13. The molecule has 0 fully saturated rings. The summed E-state index contributed by atoms with van der Waals surface area (Å²) in [5.74, 6) is 0. The summed E-state index contributed by atoms with van der Waals surface area (Å²) in [6, 6.07) is 0. The van der Waals surface area contributed by atoms with Crippen LogP contribution < -0.4 is 0 Å². The summed E-state index contributed by atoms with van der Waals surface area (Å²) in [6.07, 6.45) is 5.97. The van der Waals surface area contributed by atoms with E-state index in [2.05, 4.69) is 39.6 Å². The molecule has 0 rings (SSSR count). The molecule has 0 aromatic carbocycles. The maximum absolute atomic E-state index is 4.38. The summed E-state index contributed by atoms with van der Waals surface area (Å²) in [5, 5.41) is 0.252. The molecule has 12 heavy (non-hydrogen) atoms. The van der Waals surface area contributed by atoms with Crippen molar-refractivity contribution in [2.24, 2.45) is 0 Å². The molecule has 0 aliphatic carbocycles. The van der Waals surface area contributed by atoms with Gasteiger partial charge in [-0.1, -0.05) is 44.2 Å². The first-order valence-electron chi connectivity index (χ1n) is 4.32. The molecule has 1 heteroatoms. The second-order valence-electron chi connectivity index (χ2n) is 2.89. The van der Waals surface area contributed by atoms with E-state index in [1.54, 1.807) is 6.08 Å². The molecule has 0 nitrogen and oxygen atoms in total. The number of hydrogen-bond acceptors (Lipinski definition) is 1.